The van der Waals surface area contributed by atoms with Crippen molar-refractivity contribution in [1.29, 1.82) is 0 Å². The van der Waals surface area contributed by atoms with Crippen LogP contribution in [0.5, 0.6) is 0 Å². The molecule has 1 aromatic carbocycles. The van der Waals surface area contributed by atoms with Crippen molar-refractivity contribution in [3.63, 3.8) is 0 Å². The molecule has 2 N–H and O–H groups in total. The molecule has 1 fully saturated rings. The summed E-state index contributed by atoms with van der Waals surface area (Å²) in [7, 11) is 1.91. The molecule has 34 heavy (non-hydrogen) atoms. The molecule has 4 heterocycles. The molecule has 1 aliphatic rings. The Hall–Kier alpha value is -2.82. The summed E-state index contributed by atoms with van der Waals surface area (Å²) in [5.41, 5.74) is 7.59. The highest BCUT2D eigenvalue weighted by Crippen LogP contribution is 2.40. The third-order valence-corrected chi connectivity index (χ3v) is 7.95. The maximum Gasteiger partial charge on any atom is 0.217 e. The largest absolute Gasteiger partial charge is 0.370 e. The maximum absolute atomic E-state index is 11.2. The molecule has 1 saturated heterocycles. The highest BCUT2D eigenvalue weighted by Gasteiger charge is 2.21. The lowest BCUT2D eigenvalue weighted by molar-refractivity contribution is -0.118. The molecular weight excluding hydrogens is 466 g/mol. The number of primary amides is 1. The number of nitrogens with two attached hydrogens (primary N) is 1. The highest BCUT2D eigenvalue weighted by molar-refractivity contribution is 7.99. The van der Waals surface area contributed by atoms with Gasteiger partial charge in [0.25, 0.3) is 0 Å². The predicted molar refractivity (Wildman–Crippen MR) is 135 cm³/mol. The van der Waals surface area contributed by atoms with Crippen LogP contribution in [0.4, 0.5) is 0 Å². The topological polar surface area (TPSA) is 103 Å². The Labute approximate surface area is 206 Å². The predicted octanol–water partition coefficient (Wildman–Crippen LogP) is 4.04. The number of likely N-dealkylation sites (tertiary alicyclic amines) is 1. The number of piperidine rings is 1. The first-order valence-electron chi connectivity index (χ1n) is 11.5. The molecule has 8 nitrogen and oxygen atoms in total. The number of aromatic nitrogens is 5. The minimum atomic E-state index is -0.345. The second-order valence-electron chi connectivity index (χ2n) is 8.50. The van der Waals surface area contributed by atoms with E-state index in [1.165, 1.54) is 31.0 Å². The van der Waals surface area contributed by atoms with Crippen LogP contribution in [0.25, 0.3) is 21.3 Å². The van der Waals surface area contributed by atoms with E-state index in [2.05, 4.69) is 32.6 Å². The van der Waals surface area contributed by atoms with E-state index in [9.17, 15) is 4.79 Å². The number of rotatable bonds is 8. The molecule has 0 saturated carbocycles. The van der Waals surface area contributed by atoms with Crippen LogP contribution in [0.3, 0.4) is 0 Å². The standard InChI is InChI=1S/C24H27N7OS2/c1-30-20(11-10-18(25)32)28-29-24(30)34-23-21-17(16-8-4-2-5-9-16)15-33-22(21)26-19(27-23)14-31-12-6-3-7-13-31/h2,4-5,8-9,15H,3,6-7,10-14H2,1H3,(H2,25,32). The summed E-state index contributed by atoms with van der Waals surface area (Å²) in [4.78, 5) is 24.6. The van der Waals surface area contributed by atoms with Gasteiger partial charge in [-0.05, 0) is 43.3 Å². The number of carbonyl (C=O) groups is 1. The summed E-state index contributed by atoms with van der Waals surface area (Å²) < 4.78 is 1.92. The fourth-order valence-electron chi connectivity index (χ4n) is 4.22. The van der Waals surface area contributed by atoms with E-state index >= 15 is 0 Å². The van der Waals surface area contributed by atoms with E-state index in [1.54, 1.807) is 11.3 Å². The first-order chi connectivity index (χ1) is 16.6. The Kier molecular flexibility index (Phi) is 6.89. The van der Waals surface area contributed by atoms with Gasteiger partial charge in [0, 0.05) is 30.8 Å². The molecular formula is C24H27N7OS2. The Morgan fingerprint density at radius 1 is 1.12 bits per heavy atom. The number of fused-ring (bicyclic) bond motifs is 1. The van der Waals surface area contributed by atoms with Crippen LogP contribution >= 0.6 is 23.1 Å². The molecule has 0 atom stereocenters. The first kappa shape index (κ1) is 22.9. The molecule has 1 aliphatic heterocycles. The number of amides is 1. The van der Waals surface area contributed by atoms with Gasteiger partial charge in [0.1, 0.15) is 21.5 Å². The van der Waals surface area contributed by atoms with Gasteiger partial charge in [-0.15, -0.1) is 21.5 Å². The normalized spacial score (nSPS) is 14.6. The molecule has 0 bridgehead atoms. The summed E-state index contributed by atoms with van der Waals surface area (Å²) >= 11 is 3.15. The van der Waals surface area contributed by atoms with Crippen LogP contribution in [0.2, 0.25) is 0 Å². The molecule has 4 aromatic rings. The van der Waals surface area contributed by atoms with Crippen molar-refractivity contribution < 1.29 is 4.79 Å². The number of hydrogen-bond acceptors (Lipinski definition) is 8. The average Bonchev–Trinajstić information content (AvgIpc) is 3.43. The molecule has 0 spiro atoms. The van der Waals surface area contributed by atoms with Crippen molar-refractivity contribution in [2.24, 2.45) is 12.8 Å². The van der Waals surface area contributed by atoms with Gasteiger partial charge in [0.2, 0.25) is 5.91 Å². The molecule has 0 aliphatic carbocycles. The summed E-state index contributed by atoms with van der Waals surface area (Å²) in [6.45, 7) is 2.94. The summed E-state index contributed by atoms with van der Waals surface area (Å²) in [6, 6.07) is 10.3. The van der Waals surface area contributed by atoms with E-state index in [1.807, 2.05) is 29.8 Å². The number of hydrogen-bond donors (Lipinski definition) is 1. The molecule has 10 heteroatoms. The molecule has 176 valence electrons. The molecule has 1 amide bonds. The van der Waals surface area contributed by atoms with Gasteiger partial charge in [0.15, 0.2) is 5.16 Å². The highest BCUT2D eigenvalue weighted by atomic mass is 32.2. The molecule has 3 aromatic heterocycles. The van der Waals surface area contributed by atoms with Crippen LogP contribution in [-0.2, 0) is 24.8 Å². The van der Waals surface area contributed by atoms with Crippen molar-refractivity contribution in [2.45, 2.75) is 48.8 Å². The Bertz CT molecular complexity index is 1300. The zero-order valence-electron chi connectivity index (χ0n) is 19.1. The Balaban J connectivity index is 1.53. The van der Waals surface area contributed by atoms with E-state index in [4.69, 9.17) is 15.7 Å². The maximum atomic E-state index is 11.2. The fraction of sp³-hybridized carbons (Fsp3) is 0.375. The molecule has 5 rings (SSSR count). The van der Waals surface area contributed by atoms with Crippen LogP contribution in [0.1, 0.15) is 37.3 Å². The zero-order chi connectivity index (χ0) is 23.5. The van der Waals surface area contributed by atoms with Crippen molar-refractivity contribution in [3.05, 3.63) is 47.4 Å². The summed E-state index contributed by atoms with van der Waals surface area (Å²) in [5, 5.41) is 13.5. The molecule has 0 radical (unpaired) electrons. The van der Waals surface area contributed by atoms with Crippen LogP contribution in [0, 0.1) is 0 Å². The number of nitrogens with zero attached hydrogens (tertiary/aromatic N) is 6. The third-order valence-electron chi connectivity index (χ3n) is 6.05. The summed E-state index contributed by atoms with van der Waals surface area (Å²) in [6.07, 6.45) is 4.47. The summed E-state index contributed by atoms with van der Waals surface area (Å²) in [5.74, 6) is 1.23. The van der Waals surface area contributed by atoms with Crippen molar-refractivity contribution in [3.8, 4) is 11.1 Å². The third kappa shape index (κ3) is 4.98. The SMILES string of the molecule is Cn1c(CCC(N)=O)nnc1Sc1nc(CN2CCCCC2)nc2scc(-c3ccccc3)c12. The van der Waals surface area contributed by atoms with Crippen LogP contribution in [-0.4, -0.2) is 48.6 Å². The number of aryl methyl sites for hydroxylation is 1. The van der Waals surface area contributed by atoms with Crippen molar-refractivity contribution in [1.82, 2.24) is 29.6 Å². The first-order valence-corrected chi connectivity index (χ1v) is 13.2. The van der Waals surface area contributed by atoms with E-state index in [0.717, 1.165) is 62.8 Å². The quantitative estimate of drug-likeness (QED) is 0.370. The zero-order valence-corrected chi connectivity index (χ0v) is 20.7. The van der Waals surface area contributed by atoms with Gasteiger partial charge in [-0.25, -0.2) is 9.97 Å². The lowest BCUT2D eigenvalue weighted by Gasteiger charge is -2.25. The lowest BCUT2D eigenvalue weighted by Crippen LogP contribution is -2.29. The Morgan fingerprint density at radius 2 is 1.91 bits per heavy atom. The van der Waals surface area contributed by atoms with E-state index in [0.29, 0.717) is 6.42 Å². The number of benzene rings is 1. The van der Waals surface area contributed by atoms with Crippen molar-refractivity contribution >= 4 is 39.2 Å². The van der Waals surface area contributed by atoms with Gasteiger partial charge < -0.3 is 10.3 Å². The second-order valence-corrected chi connectivity index (χ2v) is 10.3. The van der Waals surface area contributed by atoms with Gasteiger partial charge in [0.05, 0.1) is 11.9 Å². The smallest absolute Gasteiger partial charge is 0.217 e. The van der Waals surface area contributed by atoms with Gasteiger partial charge in [-0.2, -0.15) is 0 Å². The average molecular weight is 494 g/mol. The Morgan fingerprint density at radius 3 is 2.68 bits per heavy atom. The van der Waals surface area contributed by atoms with Crippen molar-refractivity contribution in [2.75, 3.05) is 13.1 Å². The van der Waals surface area contributed by atoms with E-state index in [-0.39, 0.29) is 12.3 Å². The van der Waals surface area contributed by atoms with E-state index < -0.39 is 0 Å². The van der Waals surface area contributed by atoms with Crippen LogP contribution in [0.15, 0.2) is 45.9 Å². The second kappa shape index (κ2) is 10.2. The minimum Gasteiger partial charge on any atom is -0.370 e. The molecule has 0 unspecified atom stereocenters. The van der Waals surface area contributed by atoms with Gasteiger partial charge >= 0.3 is 0 Å². The monoisotopic (exact) mass is 493 g/mol. The minimum absolute atomic E-state index is 0.247. The number of thiophene rings is 1. The van der Waals surface area contributed by atoms with Crippen LogP contribution < -0.4 is 5.73 Å². The lowest BCUT2D eigenvalue weighted by atomic mass is 10.1. The van der Waals surface area contributed by atoms with Gasteiger partial charge in [-0.1, -0.05) is 36.8 Å². The fourth-order valence-corrected chi connectivity index (χ4v) is 6.20. The van der Waals surface area contributed by atoms with Gasteiger partial charge in [-0.3, -0.25) is 9.69 Å². The number of carbonyl (C=O) groups excluding carboxylic acids is 1.